The number of methoxy groups -OCH3 is 1. The van der Waals surface area contributed by atoms with E-state index in [1.807, 2.05) is 24.1 Å². The number of piperidine rings is 1. The Morgan fingerprint density at radius 3 is 2.82 bits per heavy atom. The van der Waals surface area contributed by atoms with E-state index in [9.17, 15) is 14.3 Å². The van der Waals surface area contributed by atoms with Crippen molar-refractivity contribution in [1.82, 2.24) is 15.5 Å². The Morgan fingerprint density at radius 1 is 1.24 bits per heavy atom. The summed E-state index contributed by atoms with van der Waals surface area (Å²) in [7, 11) is 3.60. The van der Waals surface area contributed by atoms with Gasteiger partial charge in [0.15, 0.2) is 0 Å². The van der Waals surface area contributed by atoms with Crippen molar-refractivity contribution in [3.05, 3.63) is 35.8 Å². The number of ether oxygens (including phenoxy) is 1. The number of halogens is 1. The number of unbranched alkanes of at least 4 members (excludes halogenated alkanes) is 1. The van der Waals surface area contributed by atoms with Gasteiger partial charge in [-0.2, -0.15) is 4.39 Å². The molecule has 2 aromatic rings. The molecule has 212 valence electrons. The monoisotopic (exact) mass is 531 g/mol. The van der Waals surface area contributed by atoms with E-state index in [4.69, 9.17) is 9.15 Å². The number of hydrogen-bond donors (Lipinski definition) is 3. The predicted octanol–water partition coefficient (Wildman–Crippen LogP) is 5.56. The molecule has 7 nitrogen and oxygen atoms in total. The third-order valence-electron chi connectivity index (χ3n) is 8.64. The van der Waals surface area contributed by atoms with Gasteiger partial charge in [-0.1, -0.05) is 50.3 Å². The highest BCUT2D eigenvalue weighted by molar-refractivity contribution is 5.81. The number of urea groups is 1. The minimum absolute atomic E-state index is 0.0604. The van der Waals surface area contributed by atoms with E-state index in [1.165, 1.54) is 38.2 Å². The number of para-hydroxylation sites is 1. The van der Waals surface area contributed by atoms with Crippen molar-refractivity contribution in [2.45, 2.75) is 82.3 Å². The molecule has 2 heterocycles. The van der Waals surface area contributed by atoms with Crippen LogP contribution in [0.15, 0.2) is 28.7 Å². The molecule has 2 aliphatic rings. The average molecular weight is 532 g/mol. The maximum absolute atomic E-state index is 14.1. The largest absolute Gasteiger partial charge is 0.431 e. The number of aliphatic hydroxyl groups is 1. The molecule has 2 fully saturated rings. The molecule has 1 aliphatic heterocycles. The predicted molar refractivity (Wildman–Crippen MR) is 148 cm³/mol. The van der Waals surface area contributed by atoms with Crippen LogP contribution in [0, 0.1) is 17.8 Å². The normalized spacial score (nSPS) is 21.4. The highest BCUT2D eigenvalue weighted by Gasteiger charge is 2.43. The number of nitrogens with zero attached hydrogens (tertiary/aromatic N) is 1. The number of likely N-dealkylation sites (tertiary alicyclic amines) is 1. The topological polar surface area (TPSA) is 87.0 Å². The second kappa shape index (κ2) is 13.8. The minimum Gasteiger partial charge on any atom is -0.431 e. The van der Waals surface area contributed by atoms with E-state index in [-0.39, 0.29) is 18.0 Å². The lowest BCUT2D eigenvalue weighted by Gasteiger charge is -2.43. The Kier molecular flexibility index (Phi) is 10.4. The molecule has 0 bridgehead atoms. The van der Waals surface area contributed by atoms with Gasteiger partial charge in [-0.25, -0.2) is 4.79 Å². The molecule has 0 spiro atoms. The molecule has 2 amide bonds. The molecule has 4 rings (SSSR count). The standard InChI is InChI=1S/C30H46FN3O4/c1-32-20-25(18-22-10-4-3-5-11-22)33-29(35)34-16-9-13-24(21-34)30(36,15-6-7-17-37-2)26-14-8-12-23-19-27(31)38-28(23)26/h8,12,14,19,22,24-25,32,36H,3-7,9-11,13,15-18,20-21H2,1-2H3,(H,33,35)/t24-,25?,30+/m1/s1. The van der Waals surface area contributed by atoms with Gasteiger partial charge in [0.25, 0.3) is 6.01 Å². The third kappa shape index (κ3) is 7.07. The zero-order valence-corrected chi connectivity index (χ0v) is 23.1. The number of likely N-dealkylation sites (N-methyl/N-ethyl adjacent to an activating group) is 1. The lowest BCUT2D eigenvalue weighted by Crippen LogP contribution is -2.54. The molecule has 38 heavy (non-hydrogen) atoms. The quantitative estimate of drug-likeness (QED) is 0.312. The average Bonchev–Trinajstić information content (AvgIpc) is 3.32. The van der Waals surface area contributed by atoms with Crippen molar-refractivity contribution < 1.29 is 23.4 Å². The number of carbonyl (C=O) groups excluding carboxylic acids is 1. The third-order valence-corrected chi connectivity index (χ3v) is 8.64. The summed E-state index contributed by atoms with van der Waals surface area (Å²) in [5.74, 6) is 0.479. The van der Waals surface area contributed by atoms with Gasteiger partial charge >= 0.3 is 6.03 Å². The minimum atomic E-state index is -1.25. The molecule has 1 aromatic carbocycles. The number of rotatable bonds is 12. The zero-order chi connectivity index (χ0) is 27.0. The van der Waals surface area contributed by atoms with E-state index in [1.54, 1.807) is 13.2 Å². The van der Waals surface area contributed by atoms with Crippen LogP contribution in [0.25, 0.3) is 11.0 Å². The summed E-state index contributed by atoms with van der Waals surface area (Å²) in [6.45, 7) is 2.47. The summed E-state index contributed by atoms with van der Waals surface area (Å²) < 4.78 is 24.7. The van der Waals surface area contributed by atoms with Gasteiger partial charge in [-0.05, 0) is 51.5 Å². The maximum Gasteiger partial charge on any atom is 0.317 e. The summed E-state index contributed by atoms with van der Waals surface area (Å²) in [6.07, 6.45) is 11.0. The smallest absolute Gasteiger partial charge is 0.317 e. The Hall–Kier alpha value is -2.16. The highest BCUT2D eigenvalue weighted by Crippen LogP contribution is 2.43. The van der Waals surface area contributed by atoms with Crippen molar-refractivity contribution in [2.24, 2.45) is 11.8 Å². The molecule has 1 unspecified atom stereocenters. The van der Waals surface area contributed by atoms with Gasteiger partial charge in [0.2, 0.25) is 0 Å². The van der Waals surface area contributed by atoms with E-state index in [2.05, 4.69) is 10.6 Å². The number of amides is 2. The number of carbonyl (C=O) groups is 1. The summed E-state index contributed by atoms with van der Waals surface area (Å²) in [5, 5.41) is 19.5. The Morgan fingerprint density at radius 2 is 2.05 bits per heavy atom. The number of nitrogens with one attached hydrogen (secondary N) is 2. The molecule has 1 saturated carbocycles. The lowest BCUT2D eigenvalue weighted by molar-refractivity contribution is -0.0559. The first-order chi connectivity index (χ1) is 18.4. The van der Waals surface area contributed by atoms with Crippen LogP contribution in [-0.4, -0.2) is 62.5 Å². The lowest BCUT2D eigenvalue weighted by atomic mass is 9.73. The van der Waals surface area contributed by atoms with Crippen LogP contribution in [0.3, 0.4) is 0 Å². The van der Waals surface area contributed by atoms with Gasteiger partial charge in [0.05, 0.1) is 5.60 Å². The second-order valence-electron chi connectivity index (χ2n) is 11.4. The number of fused-ring (bicyclic) bond motifs is 1. The van der Waals surface area contributed by atoms with Crippen LogP contribution in [-0.2, 0) is 10.3 Å². The van der Waals surface area contributed by atoms with Crippen LogP contribution in [0.1, 0.15) is 76.2 Å². The van der Waals surface area contributed by atoms with Crippen molar-refractivity contribution in [1.29, 1.82) is 0 Å². The number of furan rings is 1. The Bertz CT molecular complexity index is 1020. The molecular weight excluding hydrogens is 485 g/mol. The molecule has 1 saturated heterocycles. The summed E-state index contributed by atoms with van der Waals surface area (Å²) in [4.78, 5) is 15.3. The zero-order valence-electron chi connectivity index (χ0n) is 23.1. The first kappa shape index (κ1) is 28.8. The SMILES string of the molecule is CNCC(CC1CCCCC1)NC(=O)N1CCC[C@@H]([C@@](O)(CCCCOC)c2cccc3cc(F)oc23)C1. The van der Waals surface area contributed by atoms with E-state index >= 15 is 0 Å². The Balaban J connectivity index is 1.50. The fourth-order valence-electron chi connectivity index (χ4n) is 6.65. The van der Waals surface area contributed by atoms with Gasteiger partial charge < -0.3 is 29.8 Å². The van der Waals surface area contributed by atoms with E-state index in [0.29, 0.717) is 48.6 Å². The molecule has 0 radical (unpaired) electrons. The molecular formula is C30H46FN3O4. The molecule has 1 aliphatic carbocycles. The van der Waals surface area contributed by atoms with Gasteiger partial charge in [-0.15, -0.1) is 0 Å². The number of hydrogen-bond acceptors (Lipinski definition) is 5. The molecule has 3 atom stereocenters. The number of benzene rings is 1. The van der Waals surface area contributed by atoms with Crippen molar-refractivity contribution in [2.75, 3.05) is 40.4 Å². The summed E-state index contributed by atoms with van der Waals surface area (Å²) in [6, 6.07) is 6.21. The van der Waals surface area contributed by atoms with Crippen molar-refractivity contribution in [3.8, 4) is 0 Å². The first-order valence-corrected chi connectivity index (χ1v) is 14.5. The van der Waals surface area contributed by atoms with Crippen LogP contribution >= 0.6 is 0 Å². The highest BCUT2D eigenvalue weighted by atomic mass is 19.1. The van der Waals surface area contributed by atoms with Crippen LogP contribution in [0.2, 0.25) is 0 Å². The van der Waals surface area contributed by atoms with Gasteiger partial charge in [-0.3, -0.25) is 0 Å². The molecule has 1 aromatic heterocycles. The van der Waals surface area contributed by atoms with Crippen LogP contribution < -0.4 is 10.6 Å². The van der Waals surface area contributed by atoms with Crippen molar-refractivity contribution >= 4 is 17.0 Å². The maximum atomic E-state index is 14.1. The Labute approximate surface area is 226 Å². The molecule has 3 N–H and O–H groups in total. The van der Waals surface area contributed by atoms with Crippen molar-refractivity contribution in [3.63, 3.8) is 0 Å². The van der Waals surface area contributed by atoms with Crippen LogP contribution in [0.5, 0.6) is 0 Å². The first-order valence-electron chi connectivity index (χ1n) is 14.5. The van der Waals surface area contributed by atoms with E-state index < -0.39 is 11.6 Å². The van der Waals surface area contributed by atoms with Crippen LogP contribution in [0.4, 0.5) is 9.18 Å². The van der Waals surface area contributed by atoms with Gasteiger partial charge in [0.1, 0.15) is 5.58 Å². The molecule has 8 heteroatoms. The van der Waals surface area contributed by atoms with E-state index in [0.717, 1.165) is 38.6 Å². The summed E-state index contributed by atoms with van der Waals surface area (Å²) in [5.41, 5.74) is -0.250. The fraction of sp³-hybridized carbons (Fsp3) is 0.700. The fourth-order valence-corrected chi connectivity index (χ4v) is 6.65. The van der Waals surface area contributed by atoms with Gasteiger partial charge in [0, 0.05) is 62.3 Å². The summed E-state index contributed by atoms with van der Waals surface area (Å²) >= 11 is 0. The second-order valence-corrected chi connectivity index (χ2v) is 11.4.